The van der Waals surface area contributed by atoms with Crippen molar-refractivity contribution in [2.45, 2.75) is 64.6 Å². The van der Waals surface area contributed by atoms with Crippen LogP contribution in [0.15, 0.2) is 60.7 Å². The Morgan fingerprint density at radius 3 is 1.93 bits per heavy atom. The fourth-order valence-corrected chi connectivity index (χ4v) is 4.06. The van der Waals surface area contributed by atoms with Gasteiger partial charge in [-0.15, -0.1) is 0 Å². The average molecular weight is 380 g/mol. The average Bonchev–Trinajstić information content (AvgIpc) is 2.75. The smallest absolute Gasteiger partial charge is 0.308 e. The normalized spacial score (nSPS) is 19.5. The second-order valence-corrected chi connectivity index (χ2v) is 7.90. The van der Waals surface area contributed by atoms with E-state index in [9.17, 15) is 4.79 Å². The van der Waals surface area contributed by atoms with Gasteiger partial charge < -0.3 is 4.74 Å². The maximum absolute atomic E-state index is 12.3. The Morgan fingerprint density at radius 2 is 1.43 bits per heavy atom. The van der Waals surface area contributed by atoms with Gasteiger partial charge in [0.1, 0.15) is 0 Å². The summed E-state index contributed by atoms with van der Waals surface area (Å²) in [6.07, 6.45) is 6.03. The summed E-state index contributed by atoms with van der Waals surface area (Å²) >= 11 is 0. The number of rotatable bonds is 9. The molecule has 0 N–H and O–H groups in total. The first-order valence-corrected chi connectivity index (χ1v) is 10.7. The number of benzene rings is 2. The second-order valence-electron chi connectivity index (χ2n) is 7.90. The van der Waals surface area contributed by atoms with Crippen LogP contribution in [0.1, 0.15) is 56.6 Å². The molecular weight excluding hydrogens is 346 g/mol. The van der Waals surface area contributed by atoms with E-state index < -0.39 is 0 Å². The molecule has 0 atom stereocenters. The van der Waals surface area contributed by atoms with Crippen molar-refractivity contribution >= 4 is 5.97 Å². The summed E-state index contributed by atoms with van der Waals surface area (Å²) in [5, 5.41) is 0. The number of hydrogen-bond donors (Lipinski definition) is 0. The van der Waals surface area contributed by atoms with Crippen LogP contribution in [-0.2, 0) is 22.6 Å². The van der Waals surface area contributed by atoms with E-state index in [4.69, 9.17) is 4.74 Å². The van der Waals surface area contributed by atoms with Gasteiger partial charge in [0.15, 0.2) is 0 Å². The topological polar surface area (TPSA) is 29.5 Å². The van der Waals surface area contributed by atoms with Gasteiger partial charge in [-0.1, -0.05) is 74.0 Å². The Kier molecular flexibility index (Phi) is 8.10. The molecule has 0 aromatic heterocycles. The standard InChI is InChI=1S/C25H33NO2/c1-2-3-18-28-25(27)23-14-16-24(17-15-23)26(19-21-10-6-4-7-11-21)20-22-12-8-5-9-13-22/h4-13,23-24H,2-3,14-20H2,1H3. The summed E-state index contributed by atoms with van der Waals surface area (Å²) < 4.78 is 5.46. The SMILES string of the molecule is CCCCOC(=O)C1CCC(N(Cc2ccccc2)Cc2ccccc2)CC1. The molecule has 28 heavy (non-hydrogen) atoms. The lowest BCUT2D eigenvalue weighted by molar-refractivity contribution is -0.150. The van der Waals surface area contributed by atoms with Crippen molar-refractivity contribution < 1.29 is 9.53 Å². The van der Waals surface area contributed by atoms with Crippen LogP contribution in [0, 0.1) is 5.92 Å². The Morgan fingerprint density at radius 1 is 0.893 bits per heavy atom. The summed E-state index contributed by atoms with van der Waals surface area (Å²) in [4.78, 5) is 14.9. The first kappa shape index (κ1) is 20.6. The van der Waals surface area contributed by atoms with Crippen molar-refractivity contribution in [2.75, 3.05) is 6.61 Å². The lowest BCUT2D eigenvalue weighted by Crippen LogP contribution is -2.38. The summed E-state index contributed by atoms with van der Waals surface area (Å²) in [6, 6.07) is 21.9. The molecule has 1 aliphatic carbocycles. The highest BCUT2D eigenvalue weighted by atomic mass is 16.5. The summed E-state index contributed by atoms with van der Waals surface area (Å²) in [5.41, 5.74) is 2.69. The van der Waals surface area contributed by atoms with Gasteiger partial charge in [-0.05, 0) is 43.2 Å². The van der Waals surface area contributed by atoms with Gasteiger partial charge in [-0.2, -0.15) is 0 Å². The number of nitrogens with zero attached hydrogens (tertiary/aromatic N) is 1. The molecule has 0 radical (unpaired) electrons. The minimum Gasteiger partial charge on any atom is -0.465 e. The molecule has 150 valence electrons. The van der Waals surface area contributed by atoms with Crippen LogP contribution in [0.2, 0.25) is 0 Å². The van der Waals surface area contributed by atoms with Crippen molar-refractivity contribution in [3.05, 3.63) is 71.8 Å². The highest BCUT2D eigenvalue weighted by Gasteiger charge is 2.30. The lowest BCUT2D eigenvalue weighted by Gasteiger charge is -2.36. The minimum absolute atomic E-state index is 0.0181. The molecule has 2 aromatic rings. The van der Waals surface area contributed by atoms with Crippen LogP contribution in [0.25, 0.3) is 0 Å². The van der Waals surface area contributed by atoms with Crippen molar-refractivity contribution in [3.63, 3.8) is 0 Å². The predicted octanol–water partition coefficient (Wildman–Crippen LogP) is 5.59. The first-order valence-electron chi connectivity index (χ1n) is 10.7. The third-order valence-electron chi connectivity index (χ3n) is 5.75. The molecule has 0 bridgehead atoms. The Bertz CT molecular complexity index is 652. The van der Waals surface area contributed by atoms with Crippen molar-refractivity contribution in [3.8, 4) is 0 Å². The van der Waals surface area contributed by atoms with Gasteiger partial charge in [-0.25, -0.2) is 0 Å². The molecule has 3 rings (SSSR count). The molecule has 0 amide bonds. The van der Waals surface area contributed by atoms with E-state index in [0.717, 1.165) is 51.6 Å². The maximum atomic E-state index is 12.3. The molecule has 2 aromatic carbocycles. The van der Waals surface area contributed by atoms with Crippen molar-refractivity contribution in [1.82, 2.24) is 4.90 Å². The van der Waals surface area contributed by atoms with Gasteiger partial charge in [-0.3, -0.25) is 9.69 Å². The van der Waals surface area contributed by atoms with E-state index in [0.29, 0.717) is 12.6 Å². The van der Waals surface area contributed by atoms with Gasteiger partial charge in [0.2, 0.25) is 0 Å². The molecule has 1 saturated carbocycles. The molecule has 3 nitrogen and oxygen atoms in total. The summed E-state index contributed by atoms with van der Waals surface area (Å²) in [5.74, 6) is 0.105. The zero-order chi connectivity index (χ0) is 19.6. The van der Waals surface area contributed by atoms with E-state index in [1.165, 1.54) is 11.1 Å². The predicted molar refractivity (Wildman–Crippen MR) is 114 cm³/mol. The molecule has 1 aliphatic rings. The molecule has 3 heteroatoms. The Hall–Kier alpha value is -2.13. The molecule has 0 heterocycles. The summed E-state index contributed by atoms with van der Waals surface area (Å²) in [6.45, 7) is 4.59. The van der Waals surface area contributed by atoms with E-state index in [1.807, 2.05) is 0 Å². The molecule has 0 saturated heterocycles. The molecule has 0 spiro atoms. The van der Waals surface area contributed by atoms with Gasteiger partial charge >= 0.3 is 5.97 Å². The highest BCUT2D eigenvalue weighted by Crippen LogP contribution is 2.30. The fraction of sp³-hybridized carbons (Fsp3) is 0.480. The van der Waals surface area contributed by atoms with E-state index in [2.05, 4.69) is 72.5 Å². The number of unbranched alkanes of at least 4 members (excludes halogenated alkanes) is 1. The van der Waals surface area contributed by atoms with Gasteiger partial charge in [0, 0.05) is 19.1 Å². The van der Waals surface area contributed by atoms with E-state index in [1.54, 1.807) is 0 Å². The van der Waals surface area contributed by atoms with Crippen LogP contribution < -0.4 is 0 Å². The van der Waals surface area contributed by atoms with Crippen LogP contribution in [0.5, 0.6) is 0 Å². The lowest BCUT2D eigenvalue weighted by atomic mass is 9.85. The van der Waals surface area contributed by atoms with Gasteiger partial charge in [0.05, 0.1) is 12.5 Å². The fourth-order valence-electron chi connectivity index (χ4n) is 4.06. The third-order valence-corrected chi connectivity index (χ3v) is 5.75. The van der Waals surface area contributed by atoms with E-state index >= 15 is 0 Å². The highest BCUT2D eigenvalue weighted by molar-refractivity contribution is 5.72. The Balaban J connectivity index is 1.60. The maximum Gasteiger partial charge on any atom is 0.308 e. The minimum atomic E-state index is 0.0181. The van der Waals surface area contributed by atoms with Crippen molar-refractivity contribution in [1.29, 1.82) is 0 Å². The Labute approximate surface area is 169 Å². The van der Waals surface area contributed by atoms with Gasteiger partial charge in [0.25, 0.3) is 0 Å². The second kappa shape index (κ2) is 11.0. The van der Waals surface area contributed by atoms with Crippen molar-refractivity contribution in [2.24, 2.45) is 5.92 Å². The number of hydrogen-bond acceptors (Lipinski definition) is 3. The van der Waals surface area contributed by atoms with Crippen LogP contribution in [0.4, 0.5) is 0 Å². The first-order chi connectivity index (χ1) is 13.8. The van der Waals surface area contributed by atoms with E-state index in [-0.39, 0.29) is 11.9 Å². The molecular formula is C25H33NO2. The monoisotopic (exact) mass is 379 g/mol. The zero-order valence-electron chi connectivity index (χ0n) is 17.1. The number of ether oxygens (including phenoxy) is 1. The number of esters is 1. The molecule has 0 unspecified atom stereocenters. The van der Waals surface area contributed by atoms with Crippen LogP contribution in [0.3, 0.4) is 0 Å². The zero-order valence-corrected chi connectivity index (χ0v) is 17.1. The largest absolute Gasteiger partial charge is 0.465 e. The summed E-state index contributed by atoms with van der Waals surface area (Å²) in [7, 11) is 0. The quantitative estimate of drug-likeness (QED) is 0.420. The molecule has 0 aliphatic heterocycles. The number of carbonyl (C=O) groups is 1. The van der Waals surface area contributed by atoms with Crippen LogP contribution >= 0.6 is 0 Å². The van der Waals surface area contributed by atoms with Crippen LogP contribution in [-0.4, -0.2) is 23.5 Å². The third kappa shape index (κ3) is 6.20. The number of carbonyl (C=O) groups excluding carboxylic acids is 1. The molecule has 1 fully saturated rings.